The van der Waals surface area contributed by atoms with Gasteiger partial charge in [0.05, 0.1) is 30.3 Å². The average molecular weight is 352 g/mol. The number of rotatable bonds is 6. The number of thiazole rings is 1. The quantitative estimate of drug-likeness (QED) is 0.732. The van der Waals surface area contributed by atoms with Gasteiger partial charge in [-0.2, -0.15) is 0 Å². The van der Waals surface area contributed by atoms with E-state index in [2.05, 4.69) is 10.3 Å². The Balaban J connectivity index is 1.82. The number of carbonyl (C=O) groups excluding carboxylic acids is 1. The third-order valence-corrected chi connectivity index (χ3v) is 4.72. The van der Waals surface area contributed by atoms with Crippen LogP contribution in [0.15, 0.2) is 60.0 Å². The van der Waals surface area contributed by atoms with Crippen LogP contribution in [0.1, 0.15) is 27.9 Å². The molecule has 0 saturated heterocycles. The maximum Gasteiger partial charge on any atom is 0.226 e. The van der Waals surface area contributed by atoms with Crippen molar-refractivity contribution in [1.82, 2.24) is 10.3 Å². The summed E-state index contributed by atoms with van der Waals surface area (Å²) in [5.74, 6) is 0.745. The van der Waals surface area contributed by atoms with Crippen LogP contribution in [0.4, 0.5) is 0 Å². The van der Waals surface area contributed by atoms with Crippen molar-refractivity contribution >= 4 is 17.2 Å². The summed E-state index contributed by atoms with van der Waals surface area (Å²) in [6, 6.07) is 17.5. The topological polar surface area (TPSA) is 51.2 Å². The van der Waals surface area contributed by atoms with E-state index in [4.69, 9.17) is 4.74 Å². The van der Waals surface area contributed by atoms with Crippen LogP contribution in [-0.4, -0.2) is 18.0 Å². The van der Waals surface area contributed by atoms with Crippen LogP contribution >= 0.6 is 11.3 Å². The van der Waals surface area contributed by atoms with Gasteiger partial charge in [-0.15, -0.1) is 11.3 Å². The summed E-state index contributed by atoms with van der Waals surface area (Å²) >= 11 is 1.56. The van der Waals surface area contributed by atoms with E-state index >= 15 is 0 Å². The van der Waals surface area contributed by atoms with Crippen molar-refractivity contribution in [1.29, 1.82) is 0 Å². The van der Waals surface area contributed by atoms with Crippen LogP contribution in [0, 0.1) is 6.92 Å². The van der Waals surface area contributed by atoms with E-state index in [9.17, 15) is 4.79 Å². The van der Waals surface area contributed by atoms with Crippen LogP contribution in [0.5, 0.6) is 5.75 Å². The first-order chi connectivity index (χ1) is 12.2. The van der Waals surface area contributed by atoms with Crippen LogP contribution in [-0.2, 0) is 11.2 Å². The molecule has 1 unspecified atom stereocenters. The number of benzene rings is 2. The van der Waals surface area contributed by atoms with Crippen molar-refractivity contribution in [2.75, 3.05) is 7.11 Å². The van der Waals surface area contributed by atoms with E-state index in [0.717, 1.165) is 27.6 Å². The average Bonchev–Trinajstić information content (AvgIpc) is 3.05. The molecule has 0 spiro atoms. The largest absolute Gasteiger partial charge is 0.497 e. The van der Waals surface area contributed by atoms with E-state index in [1.807, 2.05) is 66.9 Å². The van der Waals surface area contributed by atoms with Gasteiger partial charge in [-0.25, -0.2) is 4.98 Å². The summed E-state index contributed by atoms with van der Waals surface area (Å²) in [5.41, 5.74) is 2.85. The molecule has 1 N–H and O–H groups in total. The second-order valence-corrected chi connectivity index (χ2v) is 6.78. The first-order valence-corrected chi connectivity index (χ1v) is 8.93. The predicted molar refractivity (Wildman–Crippen MR) is 100.0 cm³/mol. The first-order valence-electron chi connectivity index (χ1n) is 8.05. The molecule has 0 aliphatic carbocycles. The number of nitrogens with one attached hydrogen (secondary N) is 1. The Kier molecular flexibility index (Phi) is 5.46. The van der Waals surface area contributed by atoms with E-state index in [1.54, 1.807) is 18.4 Å². The third-order valence-electron chi connectivity index (χ3n) is 3.90. The van der Waals surface area contributed by atoms with Crippen LogP contribution in [0.25, 0.3) is 0 Å². The van der Waals surface area contributed by atoms with Gasteiger partial charge in [0, 0.05) is 5.38 Å². The minimum atomic E-state index is -0.209. The smallest absolute Gasteiger partial charge is 0.226 e. The molecule has 0 aliphatic rings. The lowest BCUT2D eigenvalue weighted by Crippen LogP contribution is -2.30. The number of aryl methyl sites for hydroxylation is 1. The van der Waals surface area contributed by atoms with Gasteiger partial charge >= 0.3 is 0 Å². The molecule has 2 aromatic carbocycles. The summed E-state index contributed by atoms with van der Waals surface area (Å²) in [6.07, 6.45) is 0.282. The maximum absolute atomic E-state index is 12.5. The van der Waals surface area contributed by atoms with E-state index in [-0.39, 0.29) is 18.4 Å². The molecule has 0 fully saturated rings. The van der Waals surface area contributed by atoms with Crippen molar-refractivity contribution in [3.05, 3.63) is 81.8 Å². The van der Waals surface area contributed by atoms with Crippen molar-refractivity contribution in [3.8, 4) is 5.75 Å². The Morgan fingerprint density at radius 1 is 1.12 bits per heavy atom. The monoisotopic (exact) mass is 352 g/mol. The summed E-state index contributed by atoms with van der Waals surface area (Å²) in [6.45, 7) is 1.94. The van der Waals surface area contributed by atoms with Crippen molar-refractivity contribution in [3.63, 3.8) is 0 Å². The van der Waals surface area contributed by atoms with Crippen LogP contribution in [0.2, 0.25) is 0 Å². The number of hydrogen-bond donors (Lipinski definition) is 1. The highest BCUT2D eigenvalue weighted by Crippen LogP contribution is 2.24. The zero-order valence-electron chi connectivity index (χ0n) is 14.2. The van der Waals surface area contributed by atoms with Crippen molar-refractivity contribution in [2.45, 2.75) is 19.4 Å². The Morgan fingerprint density at radius 2 is 1.80 bits per heavy atom. The first kappa shape index (κ1) is 17.2. The van der Waals surface area contributed by atoms with E-state index in [1.165, 1.54) is 0 Å². The summed E-state index contributed by atoms with van der Waals surface area (Å²) in [7, 11) is 1.64. The SMILES string of the molecule is COc1ccc(C(NC(=O)Cc2csc(C)n2)c2ccccc2)cc1. The van der Waals surface area contributed by atoms with Crippen LogP contribution < -0.4 is 10.1 Å². The zero-order valence-corrected chi connectivity index (χ0v) is 15.0. The minimum absolute atomic E-state index is 0.0463. The molecule has 128 valence electrons. The number of methoxy groups -OCH3 is 1. The minimum Gasteiger partial charge on any atom is -0.497 e. The van der Waals surface area contributed by atoms with E-state index in [0.29, 0.717) is 0 Å². The fourth-order valence-electron chi connectivity index (χ4n) is 2.67. The molecule has 1 heterocycles. The molecule has 0 aliphatic heterocycles. The molecule has 0 saturated carbocycles. The van der Waals surface area contributed by atoms with E-state index < -0.39 is 0 Å². The number of hydrogen-bond acceptors (Lipinski definition) is 4. The number of nitrogens with zero attached hydrogens (tertiary/aromatic N) is 1. The molecule has 0 radical (unpaired) electrons. The predicted octanol–water partition coefficient (Wildman–Crippen LogP) is 3.91. The van der Waals surface area contributed by atoms with Gasteiger partial charge in [-0.1, -0.05) is 42.5 Å². The summed E-state index contributed by atoms with van der Waals surface area (Å²) in [4.78, 5) is 16.9. The Labute approximate surface area is 151 Å². The Bertz CT molecular complexity index is 828. The molecule has 5 heteroatoms. The van der Waals surface area contributed by atoms with Gasteiger partial charge in [0.1, 0.15) is 5.75 Å². The molecule has 0 bridgehead atoms. The lowest BCUT2D eigenvalue weighted by molar-refractivity contribution is -0.121. The fraction of sp³-hybridized carbons (Fsp3) is 0.200. The molecular weight excluding hydrogens is 332 g/mol. The number of amides is 1. The van der Waals surface area contributed by atoms with Gasteiger partial charge in [0.25, 0.3) is 0 Å². The second-order valence-electron chi connectivity index (χ2n) is 5.72. The molecular formula is C20H20N2O2S. The lowest BCUT2D eigenvalue weighted by atomic mass is 9.98. The second kappa shape index (κ2) is 7.94. The highest BCUT2D eigenvalue weighted by molar-refractivity contribution is 7.09. The lowest BCUT2D eigenvalue weighted by Gasteiger charge is -2.20. The van der Waals surface area contributed by atoms with Gasteiger partial charge < -0.3 is 10.1 Å². The molecule has 4 nitrogen and oxygen atoms in total. The summed E-state index contributed by atoms with van der Waals surface area (Å²) < 4.78 is 5.22. The normalized spacial score (nSPS) is 11.8. The Morgan fingerprint density at radius 3 is 2.40 bits per heavy atom. The number of ether oxygens (including phenoxy) is 1. The maximum atomic E-state index is 12.5. The van der Waals surface area contributed by atoms with Gasteiger partial charge in [0.2, 0.25) is 5.91 Å². The highest BCUT2D eigenvalue weighted by atomic mass is 32.1. The van der Waals surface area contributed by atoms with Gasteiger partial charge in [0.15, 0.2) is 0 Å². The number of carbonyl (C=O) groups is 1. The summed E-state index contributed by atoms with van der Waals surface area (Å²) in [5, 5.41) is 6.03. The molecule has 3 rings (SSSR count). The zero-order chi connectivity index (χ0) is 17.6. The highest BCUT2D eigenvalue weighted by Gasteiger charge is 2.17. The number of aromatic nitrogens is 1. The van der Waals surface area contributed by atoms with Crippen LogP contribution in [0.3, 0.4) is 0 Å². The van der Waals surface area contributed by atoms with Gasteiger partial charge in [-0.05, 0) is 30.2 Å². The van der Waals surface area contributed by atoms with Gasteiger partial charge in [-0.3, -0.25) is 4.79 Å². The third kappa shape index (κ3) is 4.45. The van der Waals surface area contributed by atoms with Crippen molar-refractivity contribution in [2.24, 2.45) is 0 Å². The van der Waals surface area contributed by atoms with Crippen molar-refractivity contribution < 1.29 is 9.53 Å². The molecule has 3 aromatic rings. The standard InChI is InChI=1S/C20H20N2O2S/c1-14-21-17(13-25-14)12-19(23)22-20(15-6-4-3-5-7-15)16-8-10-18(24-2)11-9-16/h3-11,13,20H,12H2,1-2H3,(H,22,23). The molecule has 25 heavy (non-hydrogen) atoms. The fourth-order valence-corrected chi connectivity index (χ4v) is 3.28. The molecule has 1 aromatic heterocycles. The Hall–Kier alpha value is -2.66. The molecule has 1 atom stereocenters. The molecule has 1 amide bonds.